The Kier molecular flexibility index (Phi) is 3.93. The second kappa shape index (κ2) is 4.55. The van der Waals surface area contributed by atoms with Crippen LogP contribution in [0.1, 0.15) is 20.3 Å². The van der Waals surface area contributed by atoms with E-state index in [9.17, 15) is 9.90 Å². The van der Waals surface area contributed by atoms with E-state index in [1.807, 2.05) is 13.8 Å². The summed E-state index contributed by atoms with van der Waals surface area (Å²) in [6.07, 6.45) is 2.08. The molecule has 1 aliphatic rings. The molecule has 0 aromatic rings. The molecule has 0 aromatic carbocycles. The minimum atomic E-state index is -0.814. The van der Waals surface area contributed by atoms with Crippen molar-refractivity contribution in [1.82, 2.24) is 0 Å². The van der Waals surface area contributed by atoms with Crippen LogP contribution in [0.5, 0.6) is 0 Å². The van der Waals surface area contributed by atoms with E-state index >= 15 is 0 Å². The Hall–Kier alpha value is -0.250. The molecule has 5 heteroatoms. The predicted molar refractivity (Wildman–Crippen MR) is 63.6 cm³/mol. The molecule has 16 heavy (non-hydrogen) atoms. The summed E-state index contributed by atoms with van der Waals surface area (Å²) in [5.74, 6) is -0.956. The molecule has 0 aromatic heterocycles. The molecule has 0 radical (unpaired) electrons. The highest BCUT2D eigenvalue weighted by Crippen LogP contribution is 2.71. The van der Waals surface area contributed by atoms with Crippen LogP contribution in [0.2, 0.25) is 0 Å². The summed E-state index contributed by atoms with van der Waals surface area (Å²) in [6.45, 7) is 4.24. The number of ether oxygens (including phenoxy) is 1. The Labute approximate surface area is 105 Å². The molecule has 3 nitrogen and oxygen atoms in total. The predicted octanol–water partition coefficient (Wildman–Crippen LogP) is 3.07. The van der Waals surface area contributed by atoms with E-state index in [2.05, 4.69) is 0 Å². The van der Waals surface area contributed by atoms with Crippen LogP contribution in [0, 0.1) is 16.7 Å². The summed E-state index contributed by atoms with van der Waals surface area (Å²) < 4.78 is 5.09. The average molecular weight is 267 g/mol. The highest BCUT2D eigenvalue weighted by atomic mass is 35.5. The van der Waals surface area contributed by atoms with Crippen molar-refractivity contribution >= 4 is 29.2 Å². The standard InChI is InChI=1S/C11H16Cl2O3/c1-10(2)7(6-8(12)13)11(10,9(14)15)4-5-16-3/h6-7H,4-5H2,1-3H3,(H,14,15). The number of hydrogen-bond donors (Lipinski definition) is 1. The topological polar surface area (TPSA) is 46.5 Å². The number of halogens is 2. The van der Waals surface area contributed by atoms with E-state index in [0.717, 1.165) is 0 Å². The second-order valence-electron chi connectivity index (χ2n) is 4.67. The van der Waals surface area contributed by atoms with Gasteiger partial charge in [0.15, 0.2) is 0 Å². The van der Waals surface area contributed by atoms with Crippen molar-refractivity contribution in [2.75, 3.05) is 13.7 Å². The van der Waals surface area contributed by atoms with E-state index < -0.39 is 11.4 Å². The van der Waals surface area contributed by atoms with Crippen molar-refractivity contribution in [2.24, 2.45) is 16.7 Å². The minimum Gasteiger partial charge on any atom is -0.481 e. The normalized spacial score (nSPS) is 30.9. The molecule has 2 unspecified atom stereocenters. The van der Waals surface area contributed by atoms with Crippen LogP contribution < -0.4 is 0 Å². The molecule has 1 aliphatic carbocycles. The lowest BCUT2D eigenvalue weighted by Gasteiger charge is -2.14. The van der Waals surface area contributed by atoms with Gasteiger partial charge in [0, 0.05) is 19.6 Å². The van der Waals surface area contributed by atoms with Crippen molar-refractivity contribution in [3.05, 3.63) is 10.6 Å². The first-order valence-electron chi connectivity index (χ1n) is 5.06. The number of methoxy groups -OCH3 is 1. The third-order valence-electron chi connectivity index (χ3n) is 3.75. The number of rotatable bonds is 5. The molecule has 1 N–H and O–H groups in total. The molecule has 0 heterocycles. The zero-order chi connectivity index (χ0) is 12.6. The molecule has 1 saturated carbocycles. The lowest BCUT2D eigenvalue weighted by atomic mass is 9.92. The van der Waals surface area contributed by atoms with Crippen molar-refractivity contribution in [2.45, 2.75) is 20.3 Å². The van der Waals surface area contributed by atoms with E-state index in [4.69, 9.17) is 27.9 Å². The highest BCUT2D eigenvalue weighted by Gasteiger charge is 2.74. The van der Waals surface area contributed by atoms with Crippen molar-refractivity contribution in [1.29, 1.82) is 0 Å². The van der Waals surface area contributed by atoms with Crippen LogP contribution in [0.4, 0.5) is 0 Å². The quantitative estimate of drug-likeness (QED) is 0.832. The maximum absolute atomic E-state index is 11.4. The third-order valence-corrected chi connectivity index (χ3v) is 4.00. The first-order valence-corrected chi connectivity index (χ1v) is 5.81. The van der Waals surface area contributed by atoms with Crippen LogP contribution >= 0.6 is 23.2 Å². The Morgan fingerprint density at radius 1 is 1.50 bits per heavy atom. The van der Waals surface area contributed by atoms with Gasteiger partial charge in [-0.2, -0.15) is 0 Å². The SMILES string of the molecule is COCCC1(C(=O)O)C(C=C(Cl)Cl)C1(C)C. The van der Waals surface area contributed by atoms with Gasteiger partial charge in [-0.25, -0.2) is 0 Å². The van der Waals surface area contributed by atoms with Crippen molar-refractivity contribution in [3.8, 4) is 0 Å². The van der Waals surface area contributed by atoms with Crippen LogP contribution in [0.15, 0.2) is 10.6 Å². The summed E-state index contributed by atoms with van der Waals surface area (Å²) in [7, 11) is 1.56. The number of carbonyl (C=O) groups is 1. The van der Waals surface area contributed by atoms with Gasteiger partial charge < -0.3 is 9.84 Å². The second-order valence-corrected chi connectivity index (χ2v) is 5.68. The lowest BCUT2D eigenvalue weighted by Crippen LogP contribution is -2.23. The van der Waals surface area contributed by atoms with Gasteiger partial charge >= 0.3 is 5.97 Å². The fraction of sp³-hybridized carbons (Fsp3) is 0.727. The number of carboxylic acids is 1. The van der Waals surface area contributed by atoms with Crippen LogP contribution in [0.3, 0.4) is 0 Å². The summed E-state index contributed by atoms with van der Waals surface area (Å²) >= 11 is 11.2. The number of allylic oxidation sites excluding steroid dienone is 1. The van der Waals surface area contributed by atoms with Gasteiger partial charge in [-0.15, -0.1) is 0 Å². The van der Waals surface area contributed by atoms with Gasteiger partial charge in [-0.05, 0) is 17.9 Å². The Morgan fingerprint density at radius 2 is 2.06 bits per heavy atom. The molecule has 92 valence electrons. The van der Waals surface area contributed by atoms with E-state index in [1.54, 1.807) is 13.2 Å². The zero-order valence-corrected chi connectivity index (χ0v) is 11.1. The lowest BCUT2D eigenvalue weighted by molar-refractivity contribution is -0.145. The fourth-order valence-corrected chi connectivity index (χ4v) is 2.88. The van der Waals surface area contributed by atoms with Gasteiger partial charge in [-0.1, -0.05) is 37.0 Å². The maximum atomic E-state index is 11.4. The molecule has 0 amide bonds. The molecule has 0 saturated heterocycles. The summed E-state index contributed by atoms with van der Waals surface area (Å²) in [5, 5.41) is 9.38. The monoisotopic (exact) mass is 266 g/mol. The first-order chi connectivity index (χ1) is 7.30. The molecule has 2 atom stereocenters. The Balaban J connectivity index is 2.96. The van der Waals surface area contributed by atoms with E-state index in [1.165, 1.54) is 0 Å². The van der Waals surface area contributed by atoms with E-state index in [0.29, 0.717) is 13.0 Å². The molecular weight excluding hydrogens is 251 g/mol. The summed E-state index contributed by atoms with van der Waals surface area (Å²) in [6, 6.07) is 0. The molecule has 0 bridgehead atoms. The smallest absolute Gasteiger partial charge is 0.310 e. The summed E-state index contributed by atoms with van der Waals surface area (Å²) in [5.41, 5.74) is -1.15. The first kappa shape index (κ1) is 13.8. The molecule has 0 aliphatic heterocycles. The zero-order valence-electron chi connectivity index (χ0n) is 9.59. The molecule has 1 rings (SSSR count). The molecule has 1 fully saturated rings. The molecule has 0 spiro atoms. The number of carboxylic acid groups (broad SMARTS) is 1. The van der Waals surface area contributed by atoms with Crippen LogP contribution in [-0.2, 0) is 9.53 Å². The largest absolute Gasteiger partial charge is 0.481 e. The van der Waals surface area contributed by atoms with Gasteiger partial charge in [0.25, 0.3) is 0 Å². The van der Waals surface area contributed by atoms with Gasteiger partial charge in [-0.3, -0.25) is 4.79 Å². The Morgan fingerprint density at radius 3 is 2.44 bits per heavy atom. The number of aliphatic carboxylic acids is 1. The van der Waals surface area contributed by atoms with Gasteiger partial charge in [0.2, 0.25) is 0 Å². The van der Waals surface area contributed by atoms with Crippen molar-refractivity contribution in [3.63, 3.8) is 0 Å². The Bertz CT molecular complexity index is 321. The third kappa shape index (κ3) is 1.96. The average Bonchev–Trinajstić information content (AvgIpc) is 2.60. The van der Waals surface area contributed by atoms with Crippen LogP contribution in [-0.4, -0.2) is 24.8 Å². The van der Waals surface area contributed by atoms with Crippen LogP contribution in [0.25, 0.3) is 0 Å². The maximum Gasteiger partial charge on any atom is 0.310 e. The van der Waals surface area contributed by atoms with Crippen molar-refractivity contribution < 1.29 is 14.6 Å². The number of hydrogen-bond acceptors (Lipinski definition) is 2. The van der Waals surface area contributed by atoms with E-state index in [-0.39, 0.29) is 15.8 Å². The molecular formula is C11H16Cl2O3. The van der Waals surface area contributed by atoms with Gasteiger partial charge in [0.05, 0.1) is 5.41 Å². The fourth-order valence-electron chi connectivity index (χ4n) is 2.63. The minimum absolute atomic E-state index is 0.124. The van der Waals surface area contributed by atoms with Gasteiger partial charge in [0.1, 0.15) is 4.49 Å². The highest BCUT2D eigenvalue weighted by molar-refractivity contribution is 6.55. The summed E-state index contributed by atoms with van der Waals surface area (Å²) in [4.78, 5) is 11.4.